The van der Waals surface area contributed by atoms with E-state index in [-0.39, 0.29) is 17.7 Å². The lowest BCUT2D eigenvalue weighted by Gasteiger charge is -2.08. The van der Waals surface area contributed by atoms with E-state index in [0.717, 1.165) is 19.4 Å². The molecule has 0 aliphatic carbocycles. The fourth-order valence-corrected chi connectivity index (χ4v) is 1.99. The molecule has 1 amide bonds. The average Bonchev–Trinajstić information content (AvgIpc) is 2.96. The third-order valence-corrected chi connectivity index (χ3v) is 3.04. The van der Waals surface area contributed by atoms with Gasteiger partial charge in [-0.3, -0.25) is 14.9 Å². The highest BCUT2D eigenvalue weighted by atomic mass is 16.6. The number of non-ortho nitro benzene ring substituents is 1. The summed E-state index contributed by atoms with van der Waals surface area (Å²) in [6.45, 7) is 1.25. The number of hydrogen-bond donors (Lipinski definition) is 1. The van der Waals surface area contributed by atoms with Gasteiger partial charge in [0.15, 0.2) is 0 Å². The van der Waals surface area contributed by atoms with Crippen molar-refractivity contribution in [3.05, 3.63) is 46.0 Å². The van der Waals surface area contributed by atoms with Crippen LogP contribution in [0.25, 0.3) is 6.08 Å². The Labute approximate surface area is 116 Å². The van der Waals surface area contributed by atoms with Gasteiger partial charge in [-0.2, -0.15) is 0 Å². The molecule has 1 heterocycles. The maximum absolute atomic E-state index is 11.6. The van der Waals surface area contributed by atoms with Crippen LogP contribution in [-0.4, -0.2) is 30.1 Å². The molecule has 106 valence electrons. The molecule has 0 aromatic heterocycles. The average molecular weight is 276 g/mol. The topological polar surface area (TPSA) is 81.5 Å². The van der Waals surface area contributed by atoms with Gasteiger partial charge in [0.2, 0.25) is 5.91 Å². The van der Waals surface area contributed by atoms with Gasteiger partial charge >= 0.3 is 0 Å². The van der Waals surface area contributed by atoms with Crippen molar-refractivity contribution in [1.82, 2.24) is 5.32 Å². The smallest absolute Gasteiger partial charge is 0.270 e. The molecule has 6 nitrogen and oxygen atoms in total. The van der Waals surface area contributed by atoms with Crippen LogP contribution in [0.4, 0.5) is 5.69 Å². The number of nitro groups is 1. The predicted octanol–water partition coefficient (Wildman–Crippen LogP) is 1.90. The summed E-state index contributed by atoms with van der Waals surface area (Å²) in [5.74, 6) is -0.230. The highest BCUT2D eigenvalue weighted by Crippen LogP contribution is 2.14. The summed E-state index contributed by atoms with van der Waals surface area (Å²) in [6.07, 6.45) is 5.02. The van der Waals surface area contributed by atoms with Crippen molar-refractivity contribution >= 4 is 17.7 Å². The molecule has 6 heteroatoms. The lowest BCUT2D eigenvalue weighted by atomic mass is 10.2. The zero-order chi connectivity index (χ0) is 14.4. The van der Waals surface area contributed by atoms with E-state index in [0.29, 0.717) is 12.1 Å². The number of amides is 1. The first-order chi connectivity index (χ1) is 9.65. The SMILES string of the molecule is O=C(/C=C/c1cccc([N+](=O)[O-])c1)NCC1CCCO1. The number of carbonyl (C=O) groups excluding carboxylic acids is 1. The number of hydrogen-bond acceptors (Lipinski definition) is 4. The Bertz CT molecular complexity index is 522. The lowest BCUT2D eigenvalue weighted by molar-refractivity contribution is -0.384. The Kier molecular flexibility index (Phi) is 4.84. The molecule has 1 aromatic rings. The van der Waals surface area contributed by atoms with Crippen LogP contribution in [0.15, 0.2) is 30.3 Å². The normalized spacial score (nSPS) is 18.3. The summed E-state index contributed by atoms with van der Waals surface area (Å²) in [5, 5.41) is 13.4. The Balaban J connectivity index is 1.86. The minimum atomic E-state index is -0.463. The standard InChI is InChI=1S/C14H16N2O4/c17-14(15-10-13-5-2-8-20-13)7-6-11-3-1-4-12(9-11)16(18)19/h1,3-4,6-7,9,13H,2,5,8,10H2,(H,15,17)/b7-6+. The third-order valence-electron chi connectivity index (χ3n) is 3.04. The molecular formula is C14H16N2O4. The van der Waals surface area contributed by atoms with Gasteiger partial charge in [-0.25, -0.2) is 0 Å². The maximum Gasteiger partial charge on any atom is 0.270 e. The van der Waals surface area contributed by atoms with Gasteiger partial charge in [-0.15, -0.1) is 0 Å². The molecular weight excluding hydrogens is 260 g/mol. The number of ether oxygens (including phenoxy) is 1. The van der Waals surface area contributed by atoms with Crippen LogP contribution in [-0.2, 0) is 9.53 Å². The Morgan fingerprint density at radius 2 is 2.40 bits per heavy atom. The number of nitrogens with one attached hydrogen (secondary N) is 1. The second-order valence-corrected chi connectivity index (χ2v) is 4.57. The van der Waals surface area contributed by atoms with E-state index in [9.17, 15) is 14.9 Å². The van der Waals surface area contributed by atoms with Crippen molar-refractivity contribution in [2.75, 3.05) is 13.2 Å². The van der Waals surface area contributed by atoms with Gasteiger partial charge in [-0.05, 0) is 24.5 Å². The number of nitrogens with zero attached hydrogens (tertiary/aromatic N) is 1. The second kappa shape index (κ2) is 6.81. The van der Waals surface area contributed by atoms with Crippen LogP contribution in [0, 0.1) is 10.1 Å². The van der Waals surface area contributed by atoms with Crippen molar-refractivity contribution in [2.45, 2.75) is 18.9 Å². The third kappa shape index (κ3) is 4.17. The fraction of sp³-hybridized carbons (Fsp3) is 0.357. The molecule has 1 fully saturated rings. The Hall–Kier alpha value is -2.21. The van der Waals surface area contributed by atoms with Crippen LogP contribution >= 0.6 is 0 Å². The largest absolute Gasteiger partial charge is 0.376 e. The summed E-state index contributed by atoms with van der Waals surface area (Å²) in [4.78, 5) is 21.8. The first kappa shape index (κ1) is 14.2. The van der Waals surface area contributed by atoms with Gasteiger partial charge in [-0.1, -0.05) is 12.1 Å². The van der Waals surface area contributed by atoms with Crippen molar-refractivity contribution in [3.63, 3.8) is 0 Å². The van der Waals surface area contributed by atoms with Crippen molar-refractivity contribution in [1.29, 1.82) is 0 Å². The van der Waals surface area contributed by atoms with E-state index >= 15 is 0 Å². The molecule has 1 N–H and O–H groups in total. The summed E-state index contributed by atoms with van der Waals surface area (Å²) in [7, 11) is 0. The summed E-state index contributed by atoms with van der Waals surface area (Å²) >= 11 is 0. The van der Waals surface area contributed by atoms with Crippen LogP contribution in [0.1, 0.15) is 18.4 Å². The number of benzene rings is 1. The first-order valence-corrected chi connectivity index (χ1v) is 6.47. The Morgan fingerprint density at radius 3 is 3.10 bits per heavy atom. The van der Waals surface area contributed by atoms with Gasteiger partial charge in [0.25, 0.3) is 5.69 Å². The first-order valence-electron chi connectivity index (χ1n) is 6.47. The molecule has 1 atom stereocenters. The zero-order valence-corrected chi connectivity index (χ0v) is 11.0. The van der Waals surface area contributed by atoms with Crippen LogP contribution in [0.5, 0.6) is 0 Å². The molecule has 1 aliphatic rings. The highest BCUT2D eigenvalue weighted by molar-refractivity contribution is 5.91. The van der Waals surface area contributed by atoms with Crippen LogP contribution in [0.3, 0.4) is 0 Å². The van der Waals surface area contributed by atoms with Crippen molar-refractivity contribution in [3.8, 4) is 0 Å². The van der Waals surface area contributed by atoms with E-state index in [4.69, 9.17) is 4.74 Å². The van der Waals surface area contributed by atoms with Crippen LogP contribution < -0.4 is 5.32 Å². The Morgan fingerprint density at radius 1 is 1.55 bits per heavy atom. The van der Waals surface area contributed by atoms with Gasteiger partial charge in [0.1, 0.15) is 0 Å². The molecule has 1 aromatic carbocycles. The van der Waals surface area contributed by atoms with E-state index in [1.54, 1.807) is 18.2 Å². The molecule has 2 rings (SSSR count). The molecule has 0 radical (unpaired) electrons. The number of nitro benzene ring substituents is 1. The minimum absolute atomic E-state index is 0.00640. The number of rotatable bonds is 5. The monoisotopic (exact) mass is 276 g/mol. The van der Waals surface area contributed by atoms with Crippen LogP contribution in [0.2, 0.25) is 0 Å². The van der Waals surface area contributed by atoms with E-state index in [1.165, 1.54) is 18.2 Å². The maximum atomic E-state index is 11.6. The highest BCUT2D eigenvalue weighted by Gasteiger charge is 2.15. The second-order valence-electron chi connectivity index (χ2n) is 4.57. The summed E-state index contributed by atoms with van der Waals surface area (Å²) in [5.41, 5.74) is 0.624. The minimum Gasteiger partial charge on any atom is -0.376 e. The quantitative estimate of drug-likeness (QED) is 0.506. The lowest BCUT2D eigenvalue weighted by Crippen LogP contribution is -2.30. The van der Waals surface area contributed by atoms with Crippen molar-refractivity contribution < 1.29 is 14.5 Å². The molecule has 0 spiro atoms. The van der Waals surface area contributed by atoms with Gasteiger partial charge in [0.05, 0.1) is 11.0 Å². The summed E-state index contributed by atoms with van der Waals surface area (Å²) < 4.78 is 5.39. The predicted molar refractivity (Wildman–Crippen MR) is 74.1 cm³/mol. The molecule has 1 aliphatic heterocycles. The van der Waals surface area contributed by atoms with E-state index in [1.807, 2.05) is 0 Å². The molecule has 0 bridgehead atoms. The zero-order valence-electron chi connectivity index (χ0n) is 11.0. The van der Waals surface area contributed by atoms with Gasteiger partial charge < -0.3 is 10.1 Å². The fourth-order valence-electron chi connectivity index (χ4n) is 1.99. The summed E-state index contributed by atoms with van der Waals surface area (Å²) in [6, 6.07) is 6.12. The molecule has 20 heavy (non-hydrogen) atoms. The van der Waals surface area contributed by atoms with Gasteiger partial charge in [0, 0.05) is 31.4 Å². The number of carbonyl (C=O) groups is 1. The van der Waals surface area contributed by atoms with E-state index in [2.05, 4.69) is 5.32 Å². The van der Waals surface area contributed by atoms with E-state index < -0.39 is 4.92 Å². The van der Waals surface area contributed by atoms with Crippen molar-refractivity contribution in [2.24, 2.45) is 0 Å². The molecule has 1 unspecified atom stereocenters. The molecule has 1 saturated heterocycles. The molecule has 0 saturated carbocycles.